The molecule has 0 bridgehead atoms. The molecule has 1 saturated heterocycles. The summed E-state index contributed by atoms with van der Waals surface area (Å²) in [4.78, 5) is 19.8. The van der Waals surface area contributed by atoms with Crippen molar-refractivity contribution in [2.45, 2.75) is 58.0 Å². The highest BCUT2D eigenvalue weighted by Crippen LogP contribution is 2.25. The van der Waals surface area contributed by atoms with Crippen molar-refractivity contribution in [3.05, 3.63) is 17.0 Å². The van der Waals surface area contributed by atoms with Gasteiger partial charge in [0.1, 0.15) is 0 Å². The van der Waals surface area contributed by atoms with E-state index in [-0.39, 0.29) is 5.91 Å². The van der Waals surface area contributed by atoms with E-state index >= 15 is 0 Å². The lowest BCUT2D eigenvalue weighted by Crippen LogP contribution is -2.58. The van der Waals surface area contributed by atoms with Crippen molar-refractivity contribution in [2.24, 2.45) is 0 Å². The normalized spacial score (nSPS) is 24.6. The molecule has 1 aliphatic carbocycles. The van der Waals surface area contributed by atoms with Gasteiger partial charge in [0.25, 0.3) is 5.91 Å². The summed E-state index contributed by atoms with van der Waals surface area (Å²) in [6.07, 6.45) is 5.55. The number of amides is 1. The zero-order chi connectivity index (χ0) is 18.0. The molecule has 6 heteroatoms. The van der Waals surface area contributed by atoms with Crippen LogP contribution in [0, 0.1) is 0 Å². The van der Waals surface area contributed by atoms with Gasteiger partial charge in [-0.1, -0.05) is 0 Å². The van der Waals surface area contributed by atoms with E-state index in [0.29, 0.717) is 17.8 Å². The number of hydrogen-bond acceptors (Lipinski definition) is 4. The fourth-order valence-corrected chi connectivity index (χ4v) is 4.34. The van der Waals surface area contributed by atoms with Crippen LogP contribution in [-0.4, -0.2) is 83.2 Å². The Balaban J connectivity index is 1.63. The molecular weight excluding hydrogens is 314 g/mol. The number of piperazine rings is 1. The minimum Gasteiger partial charge on any atom is -0.334 e. The number of aromatic nitrogens is 2. The number of aryl methyl sites for hydroxylation is 1. The second kappa shape index (κ2) is 7.87. The van der Waals surface area contributed by atoms with Gasteiger partial charge in [0.05, 0.1) is 0 Å². The Morgan fingerprint density at radius 2 is 1.88 bits per heavy atom. The van der Waals surface area contributed by atoms with Gasteiger partial charge in [-0.2, -0.15) is 5.10 Å². The first-order valence-electron chi connectivity index (χ1n) is 9.73. The number of nitrogens with one attached hydrogen (secondary N) is 1. The predicted molar refractivity (Wildman–Crippen MR) is 99.9 cm³/mol. The number of carbonyl (C=O) groups excluding carboxylic acids is 1. The topological polar surface area (TPSA) is 55.5 Å². The molecule has 1 aromatic heterocycles. The van der Waals surface area contributed by atoms with E-state index in [9.17, 15) is 4.79 Å². The highest BCUT2D eigenvalue weighted by Gasteiger charge is 2.34. The summed E-state index contributed by atoms with van der Waals surface area (Å²) in [5.41, 5.74) is 3.03. The molecule has 2 heterocycles. The number of rotatable bonds is 5. The molecule has 140 valence electrons. The summed E-state index contributed by atoms with van der Waals surface area (Å²) >= 11 is 0. The largest absolute Gasteiger partial charge is 0.334 e. The van der Waals surface area contributed by atoms with Crippen LogP contribution in [-0.2, 0) is 12.8 Å². The smallest absolute Gasteiger partial charge is 0.274 e. The minimum absolute atomic E-state index is 0.117. The Labute approximate surface area is 151 Å². The molecule has 2 aliphatic rings. The summed E-state index contributed by atoms with van der Waals surface area (Å²) in [6.45, 7) is 8.29. The van der Waals surface area contributed by atoms with Crippen LogP contribution in [0.3, 0.4) is 0 Å². The third-order valence-corrected chi connectivity index (χ3v) is 5.67. The van der Waals surface area contributed by atoms with Gasteiger partial charge in [0.15, 0.2) is 5.69 Å². The molecule has 0 aromatic carbocycles. The molecule has 1 fully saturated rings. The van der Waals surface area contributed by atoms with Crippen LogP contribution in [0.25, 0.3) is 0 Å². The highest BCUT2D eigenvalue weighted by atomic mass is 16.2. The van der Waals surface area contributed by atoms with Crippen molar-refractivity contribution in [2.75, 3.05) is 40.3 Å². The SMILES string of the molecule is CC1CN(C(=O)c2n[nH]c3c2CCCC3)CC(C)N1CCCN(C)C. The molecule has 2 atom stereocenters. The number of H-pyrrole nitrogens is 1. The lowest BCUT2D eigenvalue weighted by molar-refractivity contribution is 0.0290. The lowest BCUT2D eigenvalue weighted by Gasteiger charge is -2.44. The molecule has 0 radical (unpaired) electrons. The van der Waals surface area contributed by atoms with E-state index in [2.05, 4.69) is 47.9 Å². The molecule has 0 saturated carbocycles. The summed E-state index contributed by atoms with van der Waals surface area (Å²) < 4.78 is 0. The molecule has 3 rings (SSSR count). The fourth-order valence-electron chi connectivity index (χ4n) is 4.34. The third kappa shape index (κ3) is 4.06. The summed E-state index contributed by atoms with van der Waals surface area (Å²) in [7, 11) is 4.24. The van der Waals surface area contributed by atoms with Gasteiger partial charge in [-0.05, 0) is 66.6 Å². The summed E-state index contributed by atoms with van der Waals surface area (Å²) in [5, 5.41) is 7.48. The Morgan fingerprint density at radius 3 is 2.56 bits per heavy atom. The van der Waals surface area contributed by atoms with Crippen LogP contribution in [0.2, 0.25) is 0 Å². The van der Waals surface area contributed by atoms with Crippen LogP contribution < -0.4 is 0 Å². The molecule has 2 unspecified atom stereocenters. The molecule has 1 N–H and O–H groups in total. The average Bonchev–Trinajstić information content (AvgIpc) is 3.00. The standard InChI is InChI=1S/C19H33N5O/c1-14-12-23(13-15(2)24(14)11-7-10-22(3)4)19(25)18-16-8-5-6-9-17(16)20-21-18/h14-15H,5-13H2,1-4H3,(H,20,21). The Morgan fingerprint density at radius 1 is 1.20 bits per heavy atom. The average molecular weight is 348 g/mol. The van der Waals surface area contributed by atoms with Gasteiger partial charge < -0.3 is 9.80 Å². The Kier molecular flexibility index (Phi) is 5.79. The monoisotopic (exact) mass is 347 g/mol. The van der Waals surface area contributed by atoms with E-state index in [4.69, 9.17) is 0 Å². The maximum absolute atomic E-state index is 13.1. The van der Waals surface area contributed by atoms with Gasteiger partial charge in [-0.15, -0.1) is 0 Å². The first kappa shape index (κ1) is 18.4. The second-order valence-corrected chi connectivity index (χ2v) is 8.04. The van der Waals surface area contributed by atoms with Gasteiger partial charge in [-0.3, -0.25) is 14.8 Å². The summed E-state index contributed by atoms with van der Waals surface area (Å²) in [6, 6.07) is 0.786. The van der Waals surface area contributed by atoms with Crippen molar-refractivity contribution in [3.63, 3.8) is 0 Å². The first-order valence-corrected chi connectivity index (χ1v) is 9.73. The third-order valence-electron chi connectivity index (χ3n) is 5.67. The predicted octanol–water partition coefficient (Wildman–Crippen LogP) is 1.78. The van der Waals surface area contributed by atoms with Crippen molar-refractivity contribution in [3.8, 4) is 0 Å². The number of hydrogen-bond donors (Lipinski definition) is 1. The van der Waals surface area contributed by atoms with Crippen LogP contribution in [0.4, 0.5) is 0 Å². The Bertz CT molecular complexity index is 585. The van der Waals surface area contributed by atoms with E-state index in [1.54, 1.807) is 0 Å². The van der Waals surface area contributed by atoms with E-state index in [1.165, 1.54) is 30.5 Å². The Hall–Kier alpha value is -1.40. The van der Waals surface area contributed by atoms with E-state index in [1.807, 2.05) is 4.90 Å². The number of nitrogens with zero attached hydrogens (tertiary/aromatic N) is 4. The first-order chi connectivity index (χ1) is 12.0. The number of carbonyl (C=O) groups is 1. The van der Waals surface area contributed by atoms with Crippen LogP contribution >= 0.6 is 0 Å². The van der Waals surface area contributed by atoms with Gasteiger partial charge in [-0.25, -0.2) is 0 Å². The highest BCUT2D eigenvalue weighted by molar-refractivity contribution is 5.94. The van der Waals surface area contributed by atoms with Crippen LogP contribution in [0.15, 0.2) is 0 Å². The van der Waals surface area contributed by atoms with E-state index < -0.39 is 0 Å². The number of aromatic amines is 1. The van der Waals surface area contributed by atoms with E-state index in [0.717, 1.165) is 39.0 Å². The fraction of sp³-hybridized carbons (Fsp3) is 0.789. The minimum atomic E-state index is 0.117. The van der Waals surface area contributed by atoms with Crippen molar-refractivity contribution in [1.82, 2.24) is 24.9 Å². The lowest BCUT2D eigenvalue weighted by atomic mass is 9.95. The van der Waals surface area contributed by atoms with Gasteiger partial charge in [0.2, 0.25) is 0 Å². The van der Waals surface area contributed by atoms with Gasteiger partial charge in [0, 0.05) is 43.0 Å². The summed E-state index contributed by atoms with van der Waals surface area (Å²) in [5.74, 6) is 0.117. The molecular formula is C19H33N5O. The molecule has 25 heavy (non-hydrogen) atoms. The quantitative estimate of drug-likeness (QED) is 0.882. The second-order valence-electron chi connectivity index (χ2n) is 8.04. The zero-order valence-corrected chi connectivity index (χ0v) is 16.2. The molecule has 0 spiro atoms. The van der Waals surface area contributed by atoms with Crippen molar-refractivity contribution >= 4 is 5.91 Å². The van der Waals surface area contributed by atoms with Crippen molar-refractivity contribution in [1.29, 1.82) is 0 Å². The molecule has 1 amide bonds. The van der Waals surface area contributed by atoms with Crippen LogP contribution in [0.1, 0.15) is 54.9 Å². The zero-order valence-electron chi connectivity index (χ0n) is 16.2. The molecule has 1 aromatic rings. The molecule has 6 nitrogen and oxygen atoms in total. The maximum atomic E-state index is 13.1. The number of fused-ring (bicyclic) bond motifs is 1. The maximum Gasteiger partial charge on any atom is 0.274 e. The van der Waals surface area contributed by atoms with Crippen molar-refractivity contribution < 1.29 is 4.79 Å². The van der Waals surface area contributed by atoms with Gasteiger partial charge >= 0.3 is 0 Å². The van der Waals surface area contributed by atoms with Crippen LogP contribution in [0.5, 0.6) is 0 Å². The molecule has 1 aliphatic heterocycles.